The minimum absolute atomic E-state index is 0.0380. The number of fused-ring (bicyclic) bond motifs is 1. The van der Waals surface area contributed by atoms with E-state index in [4.69, 9.17) is 0 Å². The lowest BCUT2D eigenvalue weighted by Gasteiger charge is -2.24. The monoisotopic (exact) mass is 374 g/mol. The van der Waals surface area contributed by atoms with Crippen molar-refractivity contribution in [3.8, 4) is 11.1 Å². The molecule has 2 aromatic carbocycles. The van der Waals surface area contributed by atoms with E-state index >= 15 is 0 Å². The van der Waals surface area contributed by atoms with E-state index in [1.165, 1.54) is 16.8 Å². The predicted molar refractivity (Wildman–Crippen MR) is 111 cm³/mol. The molecular formula is C23H26N4O. The molecule has 0 fully saturated rings. The van der Waals surface area contributed by atoms with Crippen molar-refractivity contribution in [2.45, 2.75) is 38.8 Å². The van der Waals surface area contributed by atoms with Crippen molar-refractivity contribution in [2.24, 2.45) is 7.05 Å². The molecule has 4 rings (SSSR count). The summed E-state index contributed by atoms with van der Waals surface area (Å²) in [5.41, 5.74) is 7.04. The largest absolute Gasteiger partial charge is 0.334 e. The van der Waals surface area contributed by atoms with E-state index in [0.717, 1.165) is 36.0 Å². The van der Waals surface area contributed by atoms with Crippen LogP contribution in [0.15, 0.2) is 54.7 Å². The number of nitrogens with one attached hydrogen (secondary N) is 2. The smallest absolute Gasteiger partial charge is 0.315 e. The summed E-state index contributed by atoms with van der Waals surface area (Å²) in [4.78, 5) is 12.5. The van der Waals surface area contributed by atoms with Crippen LogP contribution >= 0.6 is 0 Å². The Kier molecular flexibility index (Phi) is 5.15. The Morgan fingerprint density at radius 2 is 1.96 bits per heavy atom. The van der Waals surface area contributed by atoms with Crippen LogP contribution in [0, 0.1) is 6.92 Å². The topological polar surface area (TPSA) is 59.0 Å². The number of aryl methyl sites for hydroxylation is 2. The summed E-state index contributed by atoms with van der Waals surface area (Å²) < 4.78 is 1.91. The van der Waals surface area contributed by atoms with Crippen LogP contribution in [0.2, 0.25) is 0 Å². The maximum absolute atomic E-state index is 12.5. The van der Waals surface area contributed by atoms with Crippen molar-refractivity contribution < 1.29 is 4.79 Å². The van der Waals surface area contributed by atoms with Crippen LogP contribution in [0.25, 0.3) is 11.1 Å². The third-order valence-corrected chi connectivity index (χ3v) is 5.41. The highest BCUT2D eigenvalue weighted by molar-refractivity contribution is 5.74. The van der Waals surface area contributed by atoms with E-state index in [0.29, 0.717) is 6.54 Å². The molecule has 0 bridgehead atoms. The van der Waals surface area contributed by atoms with Gasteiger partial charge in [-0.05, 0) is 48.9 Å². The van der Waals surface area contributed by atoms with E-state index in [9.17, 15) is 4.79 Å². The second kappa shape index (κ2) is 7.89. The first-order chi connectivity index (χ1) is 13.6. The molecule has 5 nitrogen and oxygen atoms in total. The van der Waals surface area contributed by atoms with Gasteiger partial charge >= 0.3 is 6.03 Å². The van der Waals surface area contributed by atoms with Gasteiger partial charge in [-0.3, -0.25) is 4.68 Å². The van der Waals surface area contributed by atoms with Gasteiger partial charge in [-0.2, -0.15) is 5.10 Å². The standard InChI is InChI=1S/C23H26N4O/c1-16-6-3-8-18(12-16)19-9-4-7-17(13-19)14-24-23(28)26-21-10-5-11-22-20(21)15-25-27(22)2/h3-4,6-9,12-13,15,21H,5,10-11,14H2,1-2H3,(H2,24,26,28). The van der Waals surface area contributed by atoms with Crippen molar-refractivity contribution in [1.29, 1.82) is 0 Å². The van der Waals surface area contributed by atoms with Gasteiger partial charge < -0.3 is 10.6 Å². The highest BCUT2D eigenvalue weighted by Crippen LogP contribution is 2.29. The van der Waals surface area contributed by atoms with Crippen molar-refractivity contribution in [3.05, 3.63) is 77.1 Å². The molecule has 2 N–H and O–H groups in total. The van der Waals surface area contributed by atoms with E-state index < -0.39 is 0 Å². The zero-order chi connectivity index (χ0) is 19.5. The number of hydrogen-bond acceptors (Lipinski definition) is 2. The summed E-state index contributed by atoms with van der Waals surface area (Å²) in [6, 6.07) is 16.7. The minimum atomic E-state index is -0.136. The zero-order valence-electron chi connectivity index (χ0n) is 16.4. The summed E-state index contributed by atoms with van der Waals surface area (Å²) in [5, 5.41) is 10.4. The molecule has 0 saturated carbocycles. The number of nitrogens with zero attached hydrogens (tertiary/aromatic N) is 2. The van der Waals surface area contributed by atoms with Crippen molar-refractivity contribution in [3.63, 3.8) is 0 Å². The van der Waals surface area contributed by atoms with Crippen LogP contribution in [-0.2, 0) is 20.0 Å². The molecule has 1 unspecified atom stereocenters. The average Bonchev–Trinajstić information content (AvgIpc) is 3.09. The Labute approximate surface area is 165 Å². The SMILES string of the molecule is Cc1cccc(-c2cccc(CNC(=O)NC3CCCc4c3cnn4C)c2)c1. The number of benzene rings is 2. The fourth-order valence-corrected chi connectivity index (χ4v) is 3.93. The van der Waals surface area contributed by atoms with Crippen molar-refractivity contribution >= 4 is 6.03 Å². The molecule has 144 valence electrons. The van der Waals surface area contributed by atoms with Gasteiger partial charge in [0.2, 0.25) is 0 Å². The first kappa shape index (κ1) is 18.3. The molecule has 0 saturated heterocycles. The number of urea groups is 1. The molecule has 3 aromatic rings. The first-order valence-corrected chi connectivity index (χ1v) is 9.81. The molecule has 1 atom stereocenters. The lowest BCUT2D eigenvalue weighted by Crippen LogP contribution is -2.38. The summed E-state index contributed by atoms with van der Waals surface area (Å²) >= 11 is 0. The Morgan fingerprint density at radius 1 is 1.18 bits per heavy atom. The number of rotatable bonds is 4. The zero-order valence-corrected chi connectivity index (χ0v) is 16.4. The molecule has 0 aliphatic heterocycles. The van der Waals surface area contributed by atoms with Crippen LogP contribution in [0.1, 0.15) is 41.3 Å². The van der Waals surface area contributed by atoms with E-state index in [1.54, 1.807) is 0 Å². The van der Waals surface area contributed by atoms with Crippen LogP contribution in [0.5, 0.6) is 0 Å². The summed E-state index contributed by atoms with van der Waals surface area (Å²) in [5.74, 6) is 0. The van der Waals surface area contributed by atoms with Gasteiger partial charge in [0.1, 0.15) is 0 Å². The molecular weight excluding hydrogens is 348 g/mol. The maximum atomic E-state index is 12.5. The van der Waals surface area contributed by atoms with Crippen LogP contribution < -0.4 is 10.6 Å². The molecule has 0 spiro atoms. The summed E-state index contributed by atoms with van der Waals surface area (Å²) in [6.45, 7) is 2.59. The molecule has 5 heteroatoms. The normalized spacial score (nSPS) is 15.7. The number of amides is 2. The highest BCUT2D eigenvalue weighted by Gasteiger charge is 2.24. The van der Waals surface area contributed by atoms with Gasteiger partial charge in [0.05, 0.1) is 12.2 Å². The maximum Gasteiger partial charge on any atom is 0.315 e. The molecule has 2 amide bonds. The average molecular weight is 374 g/mol. The molecule has 1 heterocycles. The quantitative estimate of drug-likeness (QED) is 0.716. The van der Waals surface area contributed by atoms with Crippen molar-refractivity contribution in [2.75, 3.05) is 0 Å². The van der Waals surface area contributed by atoms with Crippen molar-refractivity contribution in [1.82, 2.24) is 20.4 Å². The van der Waals surface area contributed by atoms with Gasteiger partial charge in [0.15, 0.2) is 0 Å². The fraction of sp³-hybridized carbons (Fsp3) is 0.304. The van der Waals surface area contributed by atoms with E-state index in [-0.39, 0.29) is 12.1 Å². The summed E-state index contributed by atoms with van der Waals surface area (Å²) in [6.07, 6.45) is 4.92. The fourth-order valence-electron chi connectivity index (χ4n) is 3.93. The van der Waals surface area contributed by atoms with Gasteiger partial charge in [-0.25, -0.2) is 4.79 Å². The third-order valence-electron chi connectivity index (χ3n) is 5.41. The van der Waals surface area contributed by atoms with Crippen LogP contribution in [-0.4, -0.2) is 15.8 Å². The minimum Gasteiger partial charge on any atom is -0.334 e. The first-order valence-electron chi connectivity index (χ1n) is 9.81. The number of aromatic nitrogens is 2. The predicted octanol–water partition coefficient (Wildman–Crippen LogP) is 4.27. The molecule has 1 aliphatic carbocycles. The van der Waals surface area contributed by atoms with Gasteiger partial charge in [-0.1, -0.05) is 48.0 Å². The Hall–Kier alpha value is -3.08. The third kappa shape index (κ3) is 3.93. The lowest BCUT2D eigenvalue weighted by atomic mass is 9.93. The summed E-state index contributed by atoms with van der Waals surface area (Å²) in [7, 11) is 1.96. The molecule has 28 heavy (non-hydrogen) atoms. The second-order valence-corrected chi connectivity index (χ2v) is 7.51. The van der Waals surface area contributed by atoms with Crippen LogP contribution in [0.3, 0.4) is 0 Å². The van der Waals surface area contributed by atoms with Gasteiger partial charge in [0.25, 0.3) is 0 Å². The Bertz CT molecular complexity index is 992. The molecule has 1 aliphatic rings. The molecule has 0 radical (unpaired) electrons. The van der Waals surface area contributed by atoms with Gasteiger partial charge in [-0.15, -0.1) is 0 Å². The van der Waals surface area contributed by atoms with E-state index in [2.05, 4.69) is 59.1 Å². The number of hydrogen-bond donors (Lipinski definition) is 2. The highest BCUT2D eigenvalue weighted by atomic mass is 16.2. The lowest BCUT2D eigenvalue weighted by molar-refractivity contribution is 0.235. The Balaban J connectivity index is 1.39. The van der Waals surface area contributed by atoms with Gasteiger partial charge in [0, 0.05) is 24.8 Å². The Morgan fingerprint density at radius 3 is 2.79 bits per heavy atom. The molecule has 1 aromatic heterocycles. The van der Waals surface area contributed by atoms with E-state index in [1.807, 2.05) is 30.1 Å². The number of carbonyl (C=O) groups is 1. The van der Waals surface area contributed by atoms with Crippen LogP contribution in [0.4, 0.5) is 4.79 Å². The number of carbonyl (C=O) groups excluding carboxylic acids is 1. The second-order valence-electron chi connectivity index (χ2n) is 7.51.